The molecule has 0 aliphatic rings. The van der Waals surface area contributed by atoms with Crippen molar-refractivity contribution in [2.75, 3.05) is 0 Å². The Bertz CT molecular complexity index is 359. The molecule has 1 unspecified atom stereocenters. The van der Waals surface area contributed by atoms with Crippen LogP contribution < -0.4 is 0 Å². The maximum absolute atomic E-state index is 12.1. The van der Waals surface area contributed by atoms with Gasteiger partial charge in [-0.25, -0.2) is 0 Å². The molecule has 2 nitrogen and oxygen atoms in total. The highest BCUT2D eigenvalue weighted by atomic mass is 16.1. The van der Waals surface area contributed by atoms with Gasteiger partial charge in [-0.1, -0.05) is 98.3 Å². The zero-order valence-corrected chi connectivity index (χ0v) is 19.0. The van der Waals surface area contributed by atoms with Crippen LogP contribution in [0, 0.1) is 11.8 Å². The zero-order valence-electron chi connectivity index (χ0n) is 19.0. The van der Waals surface area contributed by atoms with Crippen LogP contribution in [0.25, 0.3) is 0 Å². The minimum atomic E-state index is 0.208. The molecule has 0 aromatic rings. The van der Waals surface area contributed by atoms with Gasteiger partial charge < -0.3 is 0 Å². The van der Waals surface area contributed by atoms with Crippen LogP contribution in [0.5, 0.6) is 0 Å². The molecule has 0 saturated heterocycles. The lowest BCUT2D eigenvalue weighted by Crippen LogP contribution is -2.13. The minimum absolute atomic E-state index is 0.208. The highest BCUT2D eigenvalue weighted by Gasteiger charge is 2.14. The van der Waals surface area contributed by atoms with Crippen LogP contribution in [0.3, 0.4) is 0 Å². The fraction of sp³-hybridized carbons (Fsp3) is 0.920. The molecule has 0 N–H and O–H groups in total. The van der Waals surface area contributed by atoms with Crippen molar-refractivity contribution in [3.8, 4) is 0 Å². The summed E-state index contributed by atoms with van der Waals surface area (Å²) in [5.74, 6) is 1.46. The van der Waals surface area contributed by atoms with Gasteiger partial charge >= 0.3 is 0 Å². The monoisotopic (exact) mass is 380 g/mol. The standard InChI is InChI=1S/C25H48O2/c1-5-19-23(6-2)25(27)21-18-16-14-12-10-8-7-9-11-13-15-17-20-24(26)22(3)4/h22-23H,5-21H2,1-4H3. The Morgan fingerprint density at radius 2 is 0.963 bits per heavy atom. The summed E-state index contributed by atoms with van der Waals surface area (Å²) in [7, 11) is 0. The van der Waals surface area contributed by atoms with Crippen LogP contribution >= 0.6 is 0 Å². The van der Waals surface area contributed by atoms with Crippen molar-refractivity contribution >= 4 is 11.6 Å². The van der Waals surface area contributed by atoms with Crippen LogP contribution in [0.4, 0.5) is 0 Å². The Hall–Kier alpha value is -0.660. The third-order valence-corrected chi connectivity index (χ3v) is 5.83. The van der Waals surface area contributed by atoms with E-state index in [2.05, 4.69) is 13.8 Å². The third-order valence-electron chi connectivity index (χ3n) is 5.83. The van der Waals surface area contributed by atoms with Crippen LogP contribution in [0.1, 0.15) is 137 Å². The summed E-state index contributed by atoms with van der Waals surface area (Å²) in [5, 5.41) is 0. The van der Waals surface area contributed by atoms with Crippen LogP contribution in [-0.4, -0.2) is 11.6 Å². The van der Waals surface area contributed by atoms with Gasteiger partial charge in [0.2, 0.25) is 0 Å². The molecule has 2 heteroatoms. The Morgan fingerprint density at radius 3 is 1.30 bits per heavy atom. The molecular formula is C25H48O2. The summed E-state index contributed by atoms with van der Waals surface area (Å²) in [5.41, 5.74) is 0. The van der Waals surface area contributed by atoms with E-state index in [1.807, 2.05) is 13.8 Å². The molecule has 27 heavy (non-hydrogen) atoms. The van der Waals surface area contributed by atoms with Gasteiger partial charge in [-0.05, 0) is 25.7 Å². The lowest BCUT2D eigenvalue weighted by molar-refractivity contribution is -0.123. The molecule has 0 heterocycles. The number of unbranched alkanes of at least 4 members (excludes halogenated alkanes) is 11. The summed E-state index contributed by atoms with van der Waals surface area (Å²) in [6.07, 6.45) is 20.1. The van der Waals surface area contributed by atoms with Gasteiger partial charge in [0, 0.05) is 24.7 Å². The molecule has 160 valence electrons. The molecule has 0 aromatic heterocycles. The summed E-state index contributed by atoms with van der Waals surface area (Å²) in [6, 6.07) is 0. The molecule has 0 spiro atoms. The maximum atomic E-state index is 12.1. The van der Waals surface area contributed by atoms with E-state index in [0.717, 1.165) is 44.9 Å². The topological polar surface area (TPSA) is 34.1 Å². The van der Waals surface area contributed by atoms with Gasteiger partial charge in [0.15, 0.2) is 0 Å². The fourth-order valence-corrected chi connectivity index (χ4v) is 3.80. The molecule has 1 atom stereocenters. The maximum Gasteiger partial charge on any atom is 0.135 e. The normalized spacial score (nSPS) is 12.5. The van der Waals surface area contributed by atoms with Crippen molar-refractivity contribution in [3.63, 3.8) is 0 Å². The molecule has 0 aliphatic carbocycles. The molecule has 0 saturated carbocycles. The van der Waals surface area contributed by atoms with Crippen molar-refractivity contribution in [3.05, 3.63) is 0 Å². The number of hydrogen-bond donors (Lipinski definition) is 0. The van der Waals surface area contributed by atoms with Crippen LogP contribution in [0.2, 0.25) is 0 Å². The summed E-state index contributed by atoms with van der Waals surface area (Å²) in [6.45, 7) is 8.31. The van der Waals surface area contributed by atoms with Gasteiger partial charge in [0.1, 0.15) is 11.6 Å². The van der Waals surface area contributed by atoms with Crippen molar-refractivity contribution in [2.45, 2.75) is 137 Å². The lowest BCUT2D eigenvalue weighted by atomic mass is 9.92. The Balaban J connectivity index is 3.29. The number of carbonyl (C=O) groups excluding carboxylic acids is 2. The van der Waals surface area contributed by atoms with Crippen LogP contribution in [0.15, 0.2) is 0 Å². The predicted molar refractivity (Wildman–Crippen MR) is 118 cm³/mol. The number of carbonyl (C=O) groups is 2. The molecule has 0 aliphatic heterocycles. The molecule has 0 aromatic carbocycles. The van der Waals surface area contributed by atoms with E-state index in [4.69, 9.17) is 0 Å². The average Bonchev–Trinajstić information content (AvgIpc) is 2.65. The van der Waals surface area contributed by atoms with Gasteiger partial charge in [-0.2, -0.15) is 0 Å². The first-order valence-corrected chi connectivity index (χ1v) is 12.1. The SMILES string of the molecule is CCCC(CC)C(=O)CCCCCCCCCCCCCCC(=O)C(C)C. The highest BCUT2D eigenvalue weighted by molar-refractivity contribution is 5.81. The second-order valence-corrected chi connectivity index (χ2v) is 8.72. The first kappa shape index (κ1) is 26.3. The van der Waals surface area contributed by atoms with Gasteiger partial charge in [0.05, 0.1) is 0 Å². The molecule has 0 bridgehead atoms. The fourth-order valence-electron chi connectivity index (χ4n) is 3.80. The predicted octanol–water partition coefficient (Wildman–Crippen LogP) is 8.07. The largest absolute Gasteiger partial charge is 0.299 e. The van der Waals surface area contributed by atoms with E-state index in [1.54, 1.807) is 0 Å². The number of hydrogen-bond acceptors (Lipinski definition) is 2. The average molecular weight is 381 g/mol. The summed E-state index contributed by atoms with van der Waals surface area (Å²) in [4.78, 5) is 23.6. The molecule has 0 rings (SSSR count). The number of rotatable bonds is 20. The Morgan fingerprint density at radius 1 is 0.593 bits per heavy atom. The molecular weight excluding hydrogens is 332 g/mol. The quantitative estimate of drug-likeness (QED) is 0.200. The van der Waals surface area contributed by atoms with Crippen molar-refractivity contribution in [2.24, 2.45) is 11.8 Å². The molecule has 0 fully saturated rings. The lowest BCUT2D eigenvalue weighted by Gasteiger charge is -2.12. The van der Waals surface area contributed by atoms with Crippen molar-refractivity contribution in [1.82, 2.24) is 0 Å². The van der Waals surface area contributed by atoms with Crippen LogP contribution in [-0.2, 0) is 9.59 Å². The zero-order chi connectivity index (χ0) is 20.3. The van der Waals surface area contributed by atoms with Gasteiger partial charge in [-0.15, -0.1) is 0 Å². The second-order valence-electron chi connectivity index (χ2n) is 8.72. The van der Waals surface area contributed by atoms with E-state index in [9.17, 15) is 9.59 Å². The van der Waals surface area contributed by atoms with E-state index in [-0.39, 0.29) is 5.92 Å². The molecule has 0 amide bonds. The van der Waals surface area contributed by atoms with E-state index in [0.29, 0.717) is 17.5 Å². The Kier molecular flexibility index (Phi) is 18.2. The van der Waals surface area contributed by atoms with Crippen molar-refractivity contribution < 1.29 is 9.59 Å². The number of ketones is 2. The highest BCUT2D eigenvalue weighted by Crippen LogP contribution is 2.17. The second kappa shape index (κ2) is 18.7. The minimum Gasteiger partial charge on any atom is -0.299 e. The summed E-state index contributed by atoms with van der Waals surface area (Å²) < 4.78 is 0. The Labute approximate surface area is 170 Å². The number of Topliss-reactive ketones (excluding diaryl/α,β-unsaturated/α-hetero) is 2. The van der Waals surface area contributed by atoms with E-state index in [1.165, 1.54) is 64.2 Å². The van der Waals surface area contributed by atoms with Gasteiger partial charge in [-0.3, -0.25) is 9.59 Å². The van der Waals surface area contributed by atoms with E-state index < -0.39 is 0 Å². The third kappa shape index (κ3) is 16.0. The summed E-state index contributed by atoms with van der Waals surface area (Å²) >= 11 is 0. The smallest absolute Gasteiger partial charge is 0.135 e. The first-order chi connectivity index (χ1) is 13.0. The molecule has 0 radical (unpaired) electrons. The van der Waals surface area contributed by atoms with Gasteiger partial charge in [0.25, 0.3) is 0 Å². The van der Waals surface area contributed by atoms with E-state index >= 15 is 0 Å². The first-order valence-electron chi connectivity index (χ1n) is 12.1. The van der Waals surface area contributed by atoms with Crippen molar-refractivity contribution in [1.29, 1.82) is 0 Å².